The van der Waals surface area contributed by atoms with Crippen LogP contribution >= 0.6 is 11.8 Å². The topological polar surface area (TPSA) is 41.0 Å². The molecule has 2 fully saturated rings. The Labute approximate surface area is 170 Å². The minimum atomic E-state index is 0.0264. The van der Waals surface area contributed by atoms with E-state index in [2.05, 4.69) is 52.0 Å². The smallest absolute Gasteiger partial charge is 0.160 e. The van der Waals surface area contributed by atoms with Crippen LogP contribution in [0.25, 0.3) is 0 Å². The van der Waals surface area contributed by atoms with Crippen LogP contribution in [0.4, 0.5) is 5.69 Å². The lowest BCUT2D eigenvalue weighted by Crippen LogP contribution is -2.28. The van der Waals surface area contributed by atoms with Crippen LogP contribution in [0.5, 0.6) is 5.75 Å². The van der Waals surface area contributed by atoms with Gasteiger partial charge in [0.25, 0.3) is 0 Å². The fourth-order valence-electron chi connectivity index (χ4n) is 4.58. The van der Waals surface area contributed by atoms with E-state index in [4.69, 9.17) is 9.73 Å². The molecule has 2 aromatic rings. The fourth-order valence-corrected chi connectivity index (χ4v) is 5.67. The molecular formula is C22H26N4OS. The Morgan fingerprint density at radius 1 is 1.14 bits per heavy atom. The summed E-state index contributed by atoms with van der Waals surface area (Å²) in [6, 6.07) is 13.0. The van der Waals surface area contributed by atoms with Crippen LogP contribution in [0.2, 0.25) is 0 Å². The van der Waals surface area contributed by atoms with Gasteiger partial charge in [-0.25, -0.2) is 0 Å². The predicted molar refractivity (Wildman–Crippen MR) is 115 cm³/mol. The number of aliphatic imine (C=N–C) groups is 1. The minimum absolute atomic E-state index is 0.0264. The fraction of sp³-hybridized carbons (Fsp3) is 0.455. The van der Waals surface area contributed by atoms with Crippen LogP contribution in [0, 0.1) is 0 Å². The van der Waals surface area contributed by atoms with Crippen molar-refractivity contribution in [2.75, 3.05) is 31.6 Å². The van der Waals surface area contributed by atoms with Crippen molar-refractivity contribution in [3.63, 3.8) is 0 Å². The highest BCUT2D eigenvalue weighted by Crippen LogP contribution is 2.48. The number of hydrogen-bond donors (Lipinski definition) is 0. The van der Waals surface area contributed by atoms with Crippen molar-refractivity contribution >= 4 is 22.6 Å². The van der Waals surface area contributed by atoms with Crippen LogP contribution in [-0.2, 0) is 0 Å². The van der Waals surface area contributed by atoms with E-state index >= 15 is 0 Å². The maximum absolute atomic E-state index is 5.81. The highest BCUT2D eigenvalue weighted by molar-refractivity contribution is 8.14. The zero-order valence-electron chi connectivity index (χ0n) is 16.4. The largest absolute Gasteiger partial charge is 0.495 e. The summed E-state index contributed by atoms with van der Waals surface area (Å²) in [4.78, 5) is 14.6. The number of aromatic nitrogens is 1. The highest BCUT2D eigenvalue weighted by Gasteiger charge is 2.43. The number of anilines is 1. The van der Waals surface area contributed by atoms with E-state index in [1.165, 1.54) is 24.1 Å². The molecule has 0 unspecified atom stereocenters. The number of rotatable bonds is 4. The Hall–Kier alpha value is -2.21. The molecule has 4 heterocycles. The van der Waals surface area contributed by atoms with Crippen LogP contribution in [0.15, 0.2) is 47.6 Å². The molecule has 3 aliphatic rings. The summed E-state index contributed by atoms with van der Waals surface area (Å²) in [6.07, 6.45) is 4.38. The Balaban J connectivity index is 1.54. The summed E-state index contributed by atoms with van der Waals surface area (Å²) in [5.74, 6) is 0.965. The number of ether oxygens (including phenoxy) is 1. The van der Waals surface area contributed by atoms with Crippen molar-refractivity contribution in [1.82, 2.24) is 9.88 Å². The van der Waals surface area contributed by atoms with E-state index < -0.39 is 0 Å². The first-order valence-electron chi connectivity index (χ1n) is 10.1. The minimum Gasteiger partial charge on any atom is -0.495 e. The van der Waals surface area contributed by atoms with Crippen molar-refractivity contribution in [2.24, 2.45) is 4.99 Å². The SMILES string of the molecule is COc1cc([C@@H]2[C@H](c3ccccn3)N=C3S[C@@H](C)CN32)ccc1N1CCCC1. The summed E-state index contributed by atoms with van der Waals surface area (Å²) in [6.45, 7) is 5.52. The van der Waals surface area contributed by atoms with Gasteiger partial charge in [-0.05, 0) is 42.7 Å². The standard InChI is InChI=1S/C22H26N4OS/c1-15-14-26-21(20(24-22(26)28-15)17-7-3-4-10-23-17)16-8-9-18(19(13-16)27-2)25-11-5-6-12-25/h3-4,7-10,13,15,20-21H,5-6,11-12,14H2,1-2H3/t15-,20-,21+/m0/s1. The normalized spacial score (nSPS) is 26.5. The first-order chi connectivity index (χ1) is 13.7. The van der Waals surface area contributed by atoms with Crippen LogP contribution in [-0.4, -0.2) is 47.0 Å². The average Bonchev–Trinajstić information content (AvgIpc) is 3.44. The lowest BCUT2D eigenvalue weighted by Gasteiger charge is -2.29. The number of thioether (sulfide) groups is 1. The lowest BCUT2D eigenvalue weighted by atomic mass is 9.95. The molecule has 0 amide bonds. The second-order valence-electron chi connectivity index (χ2n) is 7.76. The highest BCUT2D eigenvalue weighted by atomic mass is 32.2. The first kappa shape index (κ1) is 17.9. The van der Waals surface area contributed by atoms with Crippen LogP contribution in [0.3, 0.4) is 0 Å². The number of fused-ring (bicyclic) bond motifs is 1. The van der Waals surface area contributed by atoms with E-state index in [-0.39, 0.29) is 12.1 Å². The molecule has 2 saturated heterocycles. The Morgan fingerprint density at radius 2 is 2.00 bits per heavy atom. The molecule has 0 bridgehead atoms. The summed E-state index contributed by atoms with van der Waals surface area (Å²) < 4.78 is 5.81. The van der Waals surface area contributed by atoms with Crippen molar-refractivity contribution < 1.29 is 4.74 Å². The van der Waals surface area contributed by atoms with Crippen molar-refractivity contribution in [2.45, 2.75) is 37.1 Å². The zero-order chi connectivity index (χ0) is 19.1. The molecule has 5 nitrogen and oxygen atoms in total. The Bertz CT molecular complexity index is 881. The molecule has 1 aromatic carbocycles. The lowest BCUT2D eigenvalue weighted by molar-refractivity contribution is 0.320. The molecule has 146 valence electrons. The maximum atomic E-state index is 5.81. The van der Waals surface area contributed by atoms with E-state index in [0.29, 0.717) is 5.25 Å². The zero-order valence-corrected chi connectivity index (χ0v) is 17.2. The van der Waals surface area contributed by atoms with E-state index in [1.54, 1.807) is 7.11 Å². The number of nitrogens with zero attached hydrogens (tertiary/aromatic N) is 4. The van der Waals surface area contributed by atoms with Gasteiger partial charge >= 0.3 is 0 Å². The van der Waals surface area contributed by atoms with Crippen molar-refractivity contribution in [1.29, 1.82) is 0 Å². The number of hydrogen-bond acceptors (Lipinski definition) is 6. The van der Waals surface area contributed by atoms with Crippen molar-refractivity contribution in [3.8, 4) is 5.75 Å². The third-order valence-electron chi connectivity index (χ3n) is 5.87. The molecule has 28 heavy (non-hydrogen) atoms. The van der Waals surface area contributed by atoms with Gasteiger partial charge in [-0.3, -0.25) is 9.98 Å². The van der Waals surface area contributed by atoms with Gasteiger partial charge in [0.1, 0.15) is 11.8 Å². The molecule has 0 spiro atoms. The molecule has 0 radical (unpaired) electrons. The van der Waals surface area contributed by atoms with Gasteiger partial charge in [0.2, 0.25) is 0 Å². The molecule has 0 aliphatic carbocycles. The summed E-state index contributed by atoms with van der Waals surface area (Å²) in [5.41, 5.74) is 3.50. The number of amidine groups is 1. The number of methoxy groups -OCH3 is 1. The van der Waals surface area contributed by atoms with Crippen LogP contribution < -0.4 is 9.64 Å². The Kier molecular flexibility index (Phi) is 4.67. The second-order valence-corrected chi connectivity index (χ2v) is 9.17. The summed E-state index contributed by atoms with van der Waals surface area (Å²) in [5, 5.41) is 1.72. The molecule has 3 atom stereocenters. The molecule has 5 rings (SSSR count). The van der Waals surface area contributed by atoms with Gasteiger partial charge in [0, 0.05) is 31.1 Å². The summed E-state index contributed by atoms with van der Waals surface area (Å²) >= 11 is 1.88. The quantitative estimate of drug-likeness (QED) is 0.774. The van der Waals surface area contributed by atoms with Gasteiger partial charge in [0.05, 0.1) is 24.5 Å². The maximum Gasteiger partial charge on any atom is 0.160 e. The van der Waals surface area contributed by atoms with Crippen molar-refractivity contribution in [3.05, 3.63) is 53.9 Å². The molecule has 0 N–H and O–H groups in total. The molecular weight excluding hydrogens is 368 g/mol. The summed E-state index contributed by atoms with van der Waals surface area (Å²) in [7, 11) is 1.78. The van der Waals surface area contributed by atoms with E-state index in [1.807, 2.05) is 24.0 Å². The van der Waals surface area contributed by atoms with E-state index in [9.17, 15) is 0 Å². The molecule has 6 heteroatoms. The molecule has 0 saturated carbocycles. The van der Waals surface area contributed by atoms with Gasteiger partial charge in [0.15, 0.2) is 5.17 Å². The second kappa shape index (κ2) is 7.32. The van der Waals surface area contributed by atoms with Gasteiger partial charge in [-0.1, -0.05) is 30.8 Å². The number of pyridine rings is 1. The average molecular weight is 395 g/mol. The third-order valence-corrected chi connectivity index (χ3v) is 6.98. The molecule has 3 aliphatic heterocycles. The third kappa shape index (κ3) is 3.04. The number of benzene rings is 1. The van der Waals surface area contributed by atoms with E-state index in [0.717, 1.165) is 36.2 Å². The predicted octanol–water partition coefficient (Wildman–Crippen LogP) is 4.28. The van der Waals surface area contributed by atoms with Crippen LogP contribution in [0.1, 0.15) is 43.1 Å². The monoisotopic (exact) mass is 394 g/mol. The van der Waals surface area contributed by atoms with Gasteiger partial charge in [-0.15, -0.1) is 0 Å². The van der Waals surface area contributed by atoms with Gasteiger partial charge in [-0.2, -0.15) is 0 Å². The Morgan fingerprint density at radius 3 is 2.75 bits per heavy atom. The molecule has 1 aromatic heterocycles. The first-order valence-corrected chi connectivity index (χ1v) is 11.0. The van der Waals surface area contributed by atoms with Gasteiger partial charge < -0.3 is 14.5 Å².